The second kappa shape index (κ2) is 24.3. The molecule has 0 bridgehead atoms. The van der Waals surface area contributed by atoms with Crippen molar-refractivity contribution in [1.29, 1.82) is 0 Å². The van der Waals surface area contributed by atoms with E-state index in [4.69, 9.17) is 0 Å². The summed E-state index contributed by atoms with van der Waals surface area (Å²) >= 11 is 0. The van der Waals surface area contributed by atoms with Gasteiger partial charge in [-0.2, -0.15) is 28.2 Å². The van der Waals surface area contributed by atoms with E-state index in [1.165, 1.54) is 19.3 Å². The molecule has 0 amide bonds. The summed E-state index contributed by atoms with van der Waals surface area (Å²) < 4.78 is 0. The van der Waals surface area contributed by atoms with Crippen LogP contribution in [0.4, 0.5) is 0 Å². The van der Waals surface area contributed by atoms with E-state index in [1.54, 1.807) is 33.8 Å². The Hall–Kier alpha value is 0.230. The summed E-state index contributed by atoms with van der Waals surface area (Å²) in [5.41, 5.74) is 1.56. The Morgan fingerprint density at radius 2 is 1.60 bits per heavy atom. The molecular weight excluding hydrogens is 413 g/mol. The van der Waals surface area contributed by atoms with Crippen molar-refractivity contribution in [2.75, 3.05) is 34.7 Å². The summed E-state index contributed by atoms with van der Waals surface area (Å²) in [5, 5.41) is 11.4. The molecule has 1 aliphatic carbocycles. The van der Waals surface area contributed by atoms with Crippen LogP contribution >= 0.6 is 0 Å². The van der Waals surface area contributed by atoms with Crippen molar-refractivity contribution >= 4 is 0 Å². The predicted octanol–water partition coefficient (Wildman–Crippen LogP) is 5.12. The minimum absolute atomic E-state index is 0. The topological polar surface area (TPSA) is 42.3 Å². The zero-order valence-electron chi connectivity index (χ0n) is 14.5. The summed E-state index contributed by atoms with van der Waals surface area (Å²) in [5.74, 6) is 0. The van der Waals surface area contributed by atoms with Gasteiger partial charge in [0.2, 0.25) is 0 Å². The molecule has 4 heteroatoms. The van der Waals surface area contributed by atoms with Gasteiger partial charge in [0.25, 0.3) is 0 Å². The standard InChI is InChI=1S/C11H18N.2C2H6N.CH3.Hf/c1-10(2)12-9-5-8-11-6-3-4-7-11;2*1-3-2;;/h3-4,6,10H,5,7-9H2,1-2H3;2*1-2H3;1H3;/q4*-1;+4. The molecule has 1 aliphatic rings. The number of hydrogen-bond acceptors (Lipinski definition) is 0. The Labute approximate surface area is 146 Å². The van der Waals surface area contributed by atoms with Crippen LogP contribution in [-0.2, 0) is 25.8 Å². The van der Waals surface area contributed by atoms with Crippen molar-refractivity contribution in [3.63, 3.8) is 0 Å². The van der Waals surface area contributed by atoms with E-state index in [0.29, 0.717) is 6.04 Å². The van der Waals surface area contributed by atoms with Gasteiger partial charge in [-0.15, -0.1) is 12.6 Å². The van der Waals surface area contributed by atoms with E-state index in [9.17, 15) is 0 Å². The molecule has 20 heavy (non-hydrogen) atoms. The maximum absolute atomic E-state index is 4.44. The van der Waals surface area contributed by atoms with Gasteiger partial charge in [-0.25, -0.2) is 0 Å². The molecular formula is C16H33HfN3. The van der Waals surface area contributed by atoms with E-state index in [0.717, 1.165) is 6.54 Å². The number of allylic oxidation sites excluding steroid dienone is 4. The molecule has 0 aromatic heterocycles. The molecule has 0 N–H and O–H groups in total. The minimum Gasteiger partial charge on any atom is -0.668 e. The smallest absolute Gasteiger partial charge is 0.668 e. The van der Waals surface area contributed by atoms with Crippen LogP contribution in [0.3, 0.4) is 0 Å². The van der Waals surface area contributed by atoms with E-state index >= 15 is 0 Å². The van der Waals surface area contributed by atoms with E-state index in [1.807, 2.05) is 0 Å². The predicted molar refractivity (Wildman–Crippen MR) is 91.3 cm³/mol. The SMILES string of the molecule is CC(C)[N-]CCCC1=CC=CC1.C[N-]C.C[N-]C.[CH3-].[Hf+4]. The van der Waals surface area contributed by atoms with Gasteiger partial charge in [-0.05, 0) is 12.8 Å². The van der Waals surface area contributed by atoms with Crippen molar-refractivity contribution in [2.24, 2.45) is 0 Å². The second-order valence-electron chi connectivity index (χ2n) is 4.46. The Morgan fingerprint density at radius 1 is 1.10 bits per heavy atom. The molecule has 3 nitrogen and oxygen atoms in total. The van der Waals surface area contributed by atoms with Crippen molar-refractivity contribution in [3.8, 4) is 0 Å². The summed E-state index contributed by atoms with van der Waals surface area (Å²) in [7, 11) is 7.00. The molecule has 0 fully saturated rings. The van der Waals surface area contributed by atoms with Crippen molar-refractivity contribution in [2.45, 2.75) is 39.2 Å². The first kappa shape index (κ1) is 28.4. The van der Waals surface area contributed by atoms with Crippen LogP contribution < -0.4 is 0 Å². The van der Waals surface area contributed by atoms with Gasteiger partial charge in [0.05, 0.1) is 0 Å². The molecule has 1 rings (SSSR count). The largest absolute Gasteiger partial charge is 4.00 e. The molecule has 0 spiro atoms. The van der Waals surface area contributed by atoms with Crippen LogP contribution in [0.1, 0.15) is 33.1 Å². The van der Waals surface area contributed by atoms with Crippen molar-refractivity contribution in [1.82, 2.24) is 0 Å². The average molecular weight is 446 g/mol. The zero-order chi connectivity index (χ0) is 14.2. The van der Waals surface area contributed by atoms with Crippen LogP contribution in [0.25, 0.3) is 16.0 Å². The average Bonchev–Trinajstić information content (AvgIpc) is 2.79. The second-order valence-corrected chi connectivity index (χ2v) is 4.46. The Bertz CT molecular complexity index is 212. The summed E-state index contributed by atoms with van der Waals surface area (Å²) in [6, 6.07) is 0.501. The van der Waals surface area contributed by atoms with Gasteiger partial charge in [0.1, 0.15) is 0 Å². The fourth-order valence-electron chi connectivity index (χ4n) is 1.33. The molecule has 0 aromatic carbocycles. The van der Waals surface area contributed by atoms with Crippen LogP contribution in [0.15, 0.2) is 23.8 Å². The molecule has 0 atom stereocenters. The van der Waals surface area contributed by atoms with Crippen LogP contribution in [0.5, 0.6) is 0 Å². The Balaban J connectivity index is -0.000000139. The first-order valence-corrected chi connectivity index (χ1v) is 6.59. The van der Waals surface area contributed by atoms with Crippen molar-refractivity contribution < 1.29 is 25.8 Å². The summed E-state index contributed by atoms with van der Waals surface area (Å²) in [6.07, 6.45) is 10.2. The summed E-state index contributed by atoms with van der Waals surface area (Å²) in [4.78, 5) is 0. The third-order valence-corrected chi connectivity index (χ3v) is 2.00. The normalized spacial score (nSPS) is 11.2. The van der Waals surface area contributed by atoms with Crippen molar-refractivity contribution in [3.05, 3.63) is 47.2 Å². The Kier molecular flexibility index (Phi) is 34.5. The molecule has 0 unspecified atom stereocenters. The molecule has 0 heterocycles. The molecule has 0 aromatic rings. The van der Waals surface area contributed by atoms with Crippen LogP contribution in [0, 0.1) is 7.43 Å². The molecule has 0 saturated carbocycles. The van der Waals surface area contributed by atoms with Gasteiger partial charge in [-0.3, -0.25) is 0 Å². The van der Waals surface area contributed by atoms with Gasteiger partial charge >= 0.3 is 25.8 Å². The molecule has 0 radical (unpaired) electrons. The maximum Gasteiger partial charge on any atom is 4.00 e. The molecule has 116 valence electrons. The first-order valence-electron chi connectivity index (χ1n) is 6.59. The Morgan fingerprint density at radius 3 is 1.95 bits per heavy atom. The molecule has 0 aliphatic heterocycles. The summed E-state index contributed by atoms with van der Waals surface area (Å²) in [6.45, 7) is 5.29. The number of hydrogen-bond donors (Lipinski definition) is 0. The fourth-order valence-corrected chi connectivity index (χ4v) is 1.33. The monoisotopic (exact) mass is 447 g/mol. The van der Waals surface area contributed by atoms with E-state index in [-0.39, 0.29) is 33.3 Å². The quantitative estimate of drug-likeness (QED) is 0.320. The van der Waals surface area contributed by atoms with Gasteiger partial charge in [-0.1, -0.05) is 44.1 Å². The first-order chi connectivity index (χ1) is 8.62. The molecule has 0 saturated heterocycles. The van der Waals surface area contributed by atoms with Gasteiger partial charge in [0, 0.05) is 0 Å². The maximum atomic E-state index is 4.44. The van der Waals surface area contributed by atoms with E-state index in [2.05, 4.69) is 48.0 Å². The third-order valence-electron chi connectivity index (χ3n) is 2.00. The van der Waals surface area contributed by atoms with Crippen LogP contribution in [0.2, 0.25) is 0 Å². The minimum atomic E-state index is 0. The van der Waals surface area contributed by atoms with Crippen LogP contribution in [-0.4, -0.2) is 40.8 Å². The van der Waals surface area contributed by atoms with E-state index < -0.39 is 0 Å². The van der Waals surface area contributed by atoms with Gasteiger partial charge < -0.3 is 23.4 Å². The third kappa shape index (κ3) is 26.7. The number of nitrogens with zero attached hydrogens (tertiary/aromatic N) is 3. The fraction of sp³-hybridized carbons (Fsp3) is 0.688. The zero-order valence-corrected chi connectivity index (χ0v) is 18.1. The number of rotatable bonds is 5. The van der Waals surface area contributed by atoms with Gasteiger partial charge in [0.15, 0.2) is 0 Å².